The van der Waals surface area contributed by atoms with Crippen molar-refractivity contribution in [3.8, 4) is 11.5 Å². The number of hydrogen-bond acceptors (Lipinski definition) is 9. The number of carbonyl (C=O) groups excluding carboxylic acids is 4. The summed E-state index contributed by atoms with van der Waals surface area (Å²) in [6, 6.07) is 32.9. The number of ether oxygens (including phenoxy) is 4. The van der Waals surface area contributed by atoms with Crippen LogP contribution in [0.3, 0.4) is 0 Å². The lowest BCUT2D eigenvalue weighted by atomic mass is 10.1. The molecule has 0 fully saturated rings. The maximum atomic E-state index is 12.0. The molecule has 0 saturated carbocycles. The molecule has 0 spiro atoms. The Bertz CT molecular complexity index is 2000. The number of aromatic nitrogens is 1. The number of nitrogens with zero attached hydrogens (tertiary/aromatic N) is 1. The summed E-state index contributed by atoms with van der Waals surface area (Å²) in [5.41, 5.74) is 11.3. The molecule has 0 saturated heterocycles. The lowest BCUT2D eigenvalue weighted by molar-refractivity contribution is -0.150. The third-order valence-corrected chi connectivity index (χ3v) is 8.43. The van der Waals surface area contributed by atoms with Crippen LogP contribution >= 0.6 is 23.2 Å². The Morgan fingerprint density at radius 2 is 1.27 bits per heavy atom. The van der Waals surface area contributed by atoms with Crippen molar-refractivity contribution in [3.63, 3.8) is 0 Å². The molecule has 4 aromatic carbocycles. The Hall–Kier alpha value is -5.42. The van der Waals surface area contributed by atoms with Gasteiger partial charge in [-0.05, 0) is 81.3 Å². The van der Waals surface area contributed by atoms with Gasteiger partial charge in [0.05, 0.1) is 25.3 Å². The predicted molar refractivity (Wildman–Crippen MR) is 218 cm³/mol. The van der Waals surface area contributed by atoms with Crippen molar-refractivity contribution >= 4 is 47.2 Å². The molecular weight excluding hydrogens is 755 g/mol. The average Bonchev–Trinajstić information content (AvgIpc) is 3.57. The van der Waals surface area contributed by atoms with Crippen LogP contribution in [0.15, 0.2) is 109 Å². The van der Waals surface area contributed by atoms with Crippen LogP contribution in [0.2, 0.25) is 10.0 Å². The molecule has 1 aromatic heterocycles. The highest BCUT2D eigenvalue weighted by molar-refractivity contribution is 6.31. The molecule has 0 amide bonds. The summed E-state index contributed by atoms with van der Waals surface area (Å²) < 4.78 is 23.4. The number of rotatable bonds is 16. The minimum atomic E-state index is -0.928. The number of Topliss-reactive ketones (excluding diaryl/α,β-unsaturated/α-hetero) is 1. The lowest BCUT2D eigenvalue weighted by Crippen LogP contribution is -2.21. The molecule has 1 heterocycles. The van der Waals surface area contributed by atoms with Gasteiger partial charge in [-0.1, -0.05) is 83.9 Å². The molecule has 1 atom stereocenters. The molecule has 12 heteroatoms. The van der Waals surface area contributed by atoms with E-state index in [0.29, 0.717) is 54.8 Å². The van der Waals surface area contributed by atoms with E-state index in [1.165, 1.54) is 6.92 Å². The van der Waals surface area contributed by atoms with Gasteiger partial charge in [-0.3, -0.25) is 9.59 Å². The average molecular weight is 804 g/mol. The van der Waals surface area contributed by atoms with E-state index in [9.17, 15) is 19.2 Å². The van der Waals surface area contributed by atoms with Crippen LogP contribution < -0.4 is 15.2 Å². The van der Waals surface area contributed by atoms with Gasteiger partial charge < -0.3 is 34.0 Å². The van der Waals surface area contributed by atoms with Crippen LogP contribution in [0.4, 0.5) is 0 Å². The zero-order chi connectivity index (χ0) is 40.9. The highest BCUT2D eigenvalue weighted by atomic mass is 35.5. The molecule has 0 aliphatic heterocycles. The summed E-state index contributed by atoms with van der Waals surface area (Å²) in [6.07, 6.45) is 2.18. The van der Waals surface area contributed by atoms with Crippen molar-refractivity contribution in [2.24, 2.45) is 11.7 Å². The van der Waals surface area contributed by atoms with Gasteiger partial charge in [0.15, 0.2) is 0 Å². The van der Waals surface area contributed by atoms with Gasteiger partial charge in [-0.15, -0.1) is 0 Å². The minimum Gasteiger partial charge on any atom is -0.489 e. The van der Waals surface area contributed by atoms with Gasteiger partial charge in [-0.2, -0.15) is 0 Å². The maximum absolute atomic E-state index is 12.0. The molecule has 5 aromatic rings. The highest BCUT2D eigenvalue weighted by Crippen LogP contribution is 2.26. The van der Waals surface area contributed by atoms with Gasteiger partial charge in [0.25, 0.3) is 0 Å². The van der Waals surface area contributed by atoms with Crippen LogP contribution in [0, 0.1) is 12.8 Å². The molecule has 0 aliphatic carbocycles. The molecule has 56 heavy (non-hydrogen) atoms. The number of carbonyl (C=O) groups is 4. The first-order valence-corrected chi connectivity index (χ1v) is 18.8. The second kappa shape index (κ2) is 24.2. The smallest absolute Gasteiger partial charge is 0.339 e. The van der Waals surface area contributed by atoms with Crippen molar-refractivity contribution in [1.29, 1.82) is 0 Å². The van der Waals surface area contributed by atoms with E-state index in [1.54, 1.807) is 26.1 Å². The summed E-state index contributed by atoms with van der Waals surface area (Å²) in [6.45, 7) is 9.30. The van der Waals surface area contributed by atoms with Crippen molar-refractivity contribution < 1.29 is 38.1 Å². The van der Waals surface area contributed by atoms with E-state index < -0.39 is 11.9 Å². The summed E-state index contributed by atoms with van der Waals surface area (Å²) in [7, 11) is 0. The first-order chi connectivity index (χ1) is 27.0. The van der Waals surface area contributed by atoms with Crippen LogP contribution in [0.25, 0.3) is 0 Å². The third-order valence-electron chi connectivity index (χ3n) is 7.96. The first-order valence-electron chi connectivity index (χ1n) is 18.0. The van der Waals surface area contributed by atoms with Gasteiger partial charge in [0.2, 0.25) is 0 Å². The molecule has 0 radical (unpaired) electrons. The van der Waals surface area contributed by atoms with E-state index in [-0.39, 0.29) is 24.8 Å². The number of aldehydes is 1. The van der Waals surface area contributed by atoms with Crippen molar-refractivity contribution in [3.05, 3.63) is 153 Å². The summed E-state index contributed by atoms with van der Waals surface area (Å²) in [5.74, 6) is -0.494. The monoisotopic (exact) mass is 802 g/mol. The third kappa shape index (κ3) is 15.4. The predicted octanol–water partition coefficient (Wildman–Crippen LogP) is 8.98. The Labute approximate surface area is 338 Å². The van der Waals surface area contributed by atoms with Gasteiger partial charge in [-0.25, -0.2) is 4.79 Å². The molecule has 5 rings (SSSR count). The second-order valence-corrected chi connectivity index (χ2v) is 13.2. The Balaban J connectivity index is 0.000000248. The van der Waals surface area contributed by atoms with E-state index >= 15 is 0 Å². The number of hydrogen-bond donors (Lipinski definition) is 1. The number of nitrogens with two attached hydrogens (primary N) is 1. The molecular formula is C44H48Cl2N2O8. The topological polar surface area (TPSA) is 136 Å². The standard InChI is InChI=1S/C22H22ClNO3.C14H14ClNO.C8H12O4/c1-3-26-22(25)19-11-16(2)24(14-19)13-18-12-20(23)9-10-21(18)27-15-17-7-5-4-6-8-17;15-13-6-7-14(12(8-13)9-16)17-10-11-4-2-1-3-5-11;1-3-12-8(11)7(5-9)4-6(2)10/h4-12,14H,3,13,15H2,1-2H3;1-8H,9-10,16H2;5,7H,3-4H2,1-2H3. The molecule has 1 unspecified atom stereocenters. The van der Waals surface area contributed by atoms with Crippen molar-refractivity contribution in [2.75, 3.05) is 13.2 Å². The number of ketones is 1. The van der Waals surface area contributed by atoms with Crippen LogP contribution in [0.5, 0.6) is 11.5 Å². The number of benzene rings is 4. The van der Waals surface area contributed by atoms with Crippen LogP contribution in [0.1, 0.15) is 65.5 Å². The Morgan fingerprint density at radius 3 is 1.75 bits per heavy atom. The molecule has 0 aliphatic rings. The van der Waals surface area contributed by atoms with E-state index in [2.05, 4.69) is 4.74 Å². The fourth-order valence-electron chi connectivity index (χ4n) is 5.17. The molecule has 2 N–H and O–H groups in total. The maximum Gasteiger partial charge on any atom is 0.339 e. The fourth-order valence-corrected chi connectivity index (χ4v) is 5.56. The summed E-state index contributed by atoms with van der Waals surface area (Å²) in [4.78, 5) is 43.7. The molecule has 0 bridgehead atoms. The lowest BCUT2D eigenvalue weighted by Gasteiger charge is -2.14. The van der Waals surface area contributed by atoms with Crippen molar-refractivity contribution in [1.82, 2.24) is 4.57 Å². The highest BCUT2D eigenvalue weighted by Gasteiger charge is 2.20. The van der Waals surface area contributed by atoms with Gasteiger partial charge in [0.1, 0.15) is 42.7 Å². The second-order valence-electron chi connectivity index (χ2n) is 12.4. The zero-order valence-electron chi connectivity index (χ0n) is 32.0. The van der Waals surface area contributed by atoms with Crippen LogP contribution in [-0.4, -0.2) is 41.8 Å². The summed E-state index contributed by atoms with van der Waals surface area (Å²) >= 11 is 12.1. The van der Waals surface area contributed by atoms with E-state index in [4.69, 9.17) is 43.1 Å². The Morgan fingerprint density at radius 1 is 0.750 bits per heavy atom. The molecule has 10 nitrogen and oxygen atoms in total. The quantitative estimate of drug-likeness (QED) is 0.0589. The number of aryl methyl sites for hydroxylation is 1. The molecule has 296 valence electrons. The van der Waals surface area contributed by atoms with Crippen molar-refractivity contribution in [2.45, 2.75) is 60.4 Å². The zero-order valence-corrected chi connectivity index (χ0v) is 33.6. The number of halogens is 2. The van der Waals surface area contributed by atoms with Gasteiger partial charge >= 0.3 is 11.9 Å². The van der Waals surface area contributed by atoms with E-state index in [0.717, 1.165) is 39.4 Å². The van der Waals surface area contributed by atoms with E-state index in [1.807, 2.05) is 109 Å². The van der Waals surface area contributed by atoms with Gasteiger partial charge in [0, 0.05) is 46.0 Å². The SMILES string of the molecule is CCOC(=O)C(C=O)CC(C)=O.CCOC(=O)c1cc(C)n(Cc2cc(Cl)ccc2OCc2ccccc2)c1.NCc1cc(Cl)ccc1OCc1ccccc1. The first kappa shape index (κ1) is 45.0. The normalized spacial score (nSPS) is 10.8. The summed E-state index contributed by atoms with van der Waals surface area (Å²) in [5, 5.41) is 1.32. The number of esters is 2. The fraction of sp³-hybridized carbons (Fsp3) is 0.273. The minimum absolute atomic E-state index is 0.0671. The largest absolute Gasteiger partial charge is 0.489 e. The van der Waals surface area contributed by atoms with Crippen LogP contribution in [-0.2, 0) is 50.2 Å². The Kier molecular flexibility index (Phi) is 19.4.